The van der Waals surface area contributed by atoms with E-state index >= 15 is 0 Å². The van der Waals surface area contributed by atoms with Crippen LogP contribution in [0.25, 0.3) is 0 Å². The van der Waals surface area contributed by atoms with Crippen LogP contribution in [0.1, 0.15) is 51.9 Å². The van der Waals surface area contributed by atoms with Crippen LogP contribution < -0.4 is 0 Å². The van der Waals surface area contributed by atoms with Crippen LogP contribution >= 0.6 is 0 Å². The summed E-state index contributed by atoms with van der Waals surface area (Å²) in [5, 5.41) is 0. The molecule has 0 unspecified atom stereocenters. The van der Waals surface area contributed by atoms with Crippen molar-refractivity contribution in [2.45, 2.75) is 58.0 Å². The number of hydrogen-bond acceptors (Lipinski definition) is 2. The van der Waals surface area contributed by atoms with Gasteiger partial charge in [-0.1, -0.05) is 32.6 Å². The summed E-state index contributed by atoms with van der Waals surface area (Å²) in [6, 6.07) is 0. The molecule has 0 aliphatic heterocycles. The van der Waals surface area contributed by atoms with Gasteiger partial charge >= 0.3 is 0 Å². The molecule has 92 valence electrons. The molecule has 0 amide bonds. The van der Waals surface area contributed by atoms with Crippen molar-refractivity contribution in [1.29, 1.82) is 0 Å². The molecule has 0 heterocycles. The fourth-order valence-electron chi connectivity index (χ4n) is 1.79. The van der Waals surface area contributed by atoms with Crippen LogP contribution in [0, 0.1) is 0 Å². The Hall–Kier alpha value is -0.0800. The van der Waals surface area contributed by atoms with Crippen LogP contribution in [0.2, 0.25) is 0 Å². The van der Waals surface area contributed by atoms with E-state index in [1.807, 2.05) is 7.11 Å². The maximum Gasteiger partial charge on any atom is 0.0571 e. The van der Waals surface area contributed by atoms with Gasteiger partial charge in [0.15, 0.2) is 0 Å². The molecule has 2 nitrogen and oxygen atoms in total. The Morgan fingerprint density at radius 1 is 1.00 bits per heavy atom. The molecule has 15 heavy (non-hydrogen) atoms. The van der Waals surface area contributed by atoms with Crippen LogP contribution in [-0.4, -0.2) is 38.8 Å². The molecule has 0 rings (SSSR count). The minimum atomic E-state index is 0.504. The van der Waals surface area contributed by atoms with Gasteiger partial charge in [-0.15, -0.1) is 0 Å². The van der Waals surface area contributed by atoms with Gasteiger partial charge in [-0.05, 0) is 39.9 Å². The lowest BCUT2D eigenvalue weighted by atomic mass is 10.1. The van der Waals surface area contributed by atoms with Gasteiger partial charge in [0.1, 0.15) is 0 Å². The van der Waals surface area contributed by atoms with Gasteiger partial charge in [0.25, 0.3) is 0 Å². The second-order valence-electron chi connectivity index (χ2n) is 4.65. The first-order valence-electron chi connectivity index (χ1n) is 6.38. The van der Waals surface area contributed by atoms with E-state index in [1.54, 1.807) is 0 Å². The molecule has 0 spiro atoms. The standard InChI is InChI=1S/C13H29NO/c1-5-6-10-13(15-4)11-8-7-9-12-14(2)3/h13H,5-12H2,1-4H3/t13-/m1/s1. The molecule has 0 aliphatic carbocycles. The third-order valence-corrected chi connectivity index (χ3v) is 2.84. The monoisotopic (exact) mass is 215 g/mol. The summed E-state index contributed by atoms with van der Waals surface area (Å²) >= 11 is 0. The summed E-state index contributed by atoms with van der Waals surface area (Å²) in [7, 11) is 6.12. The largest absolute Gasteiger partial charge is 0.381 e. The number of methoxy groups -OCH3 is 1. The molecular weight excluding hydrogens is 186 g/mol. The van der Waals surface area contributed by atoms with E-state index < -0.39 is 0 Å². The molecule has 0 aromatic rings. The first kappa shape index (κ1) is 14.9. The van der Waals surface area contributed by atoms with Gasteiger partial charge in [-0.3, -0.25) is 0 Å². The van der Waals surface area contributed by atoms with Gasteiger partial charge in [-0.25, -0.2) is 0 Å². The lowest BCUT2D eigenvalue weighted by molar-refractivity contribution is 0.0835. The van der Waals surface area contributed by atoms with Crippen molar-refractivity contribution in [3.63, 3.8) is 0 Å². The summed E-state index contributed by atoms with van der Waals surface area (Å²) in [5.74, 6) is 0. The molecule has 1 atom stereocenters. The van der Waals surface area contributed by atoms with Crippen molar-refractivity contribution >= 4 is 0 Å². The molecule has 0 aliphatic rings. The Morgan fingerprint density at radius 3 is 2.20 bits per heavy atom. The first-order chi connectivity index (χ1) is 7.20. The smallest absolute Gasteiger partial charge is 0.0571 e. The van der Waals surface area contributed by atoms with E-state index in [9.17, 15) is 0 Å². The zero-order chi connectivity index (χ0) is 11.5. The zero-order valence-electron chi connectivity index (χ0n) is 11.1. The van der Waals surface area contributed by atoms with Crippen molar-refractivity contribution in [2.75, 3.05) is 27.7 Å². The Morgan fingerprint density at radius 2 is 1.67 bits per heavy atom. The predicted molar refractivity (Wildman–Crippen MR) is 67.3 cm³/mol. The molecule has 2 heteroatoms. The van der Waals surface area contributed by atoms with E-state index in [0.717, 1.165) is 0 Å². The zero-order valence-corrected chi connectivity index (χ0v) is 11.1. The van der Waals surface area contributed by atoms with Gasteiger partial charge < -0.3 is 9.64 Å². The maximum atomic E-state index is 5.47. The second-order valence-corrected chi connectivity index (χ2v) is 4.65. The number of ether oxygens (including phenoxy) is 1. The third kappa shape index (κ3) is 10.2. The number of rotatable bonds is 10. The first-order valence-corrected chi connectivity index (χ1v) is 6.38. The minimum Gasteiger partial charge on any atom is -0.381 e. The average molecular weight is 215 g/mol. The summed E-state index contributed by atoms with van der Waals surface area (Å²) in [6.07, 6.45) is 9.53. The summed E-state index contributed by atoms with van der Waals surface area (Å²) in [6.45, 7) is 3.45. The lowest BCUT2D eigenvalue weighted by Crippen LogP contribution is -2.13. The molecule has 0 fully saturated rings. The molecular formula is C13H29NO. The summed E-state index contributed by atoms with van der Waals surface area (Å²) in [5.41, 5.74) is 0. The van der Waals surface area contributed by atoms with Crippen molar-refractivity contribution in [3.05, 3.63) is 0 Å². The highest BCUT2D eigenvalue weighted by Crippen LogP contribution is 2.12. The van der Waals surface area contributed by atoms with Crippen LogP contribution in [0.15, 0.2) is 0 Å². The average Bonchev–Trinajstić information content (AvgIpc) is 2.21. The number of nitrogens with zero attached hydrogens (tertiary/aromatic N) is 1. The summed E-state index contributed by atoms with van der Waals surface area (Å²) < 4.78 is 5.47. The fourth-order valence-corrected chi connectivity index (χ4v) is 1.79. The minimum absolute atomic E-state index is 0.504. The van der Waals surface area contributed by atoms with Crippen molar-refractivity contribution in [3.8, 4) is 0 Å². The second kappa shape index (κ2) is 10.4. The molecule has 0 aromatic carbocycles. The van der Waals surface area contributed by atoms with Crippen LogP contribution in [0.5, 0.6) is 0 Å². The SMILES string of the molecule is CCCC[C@H](CCCCCN(C)C)OC. The third-order valence-electron chi connectivity index (χ3n) is 2.84. The van der Waals surface area contributed by atoms with E-state index in [1.165, 1.54) is 51.5 Å². The number of hydrogen-bond donors (Lipinski definition) is 0. The predicted octanol–water partition coefficient (Wildman–Crippen LogP) is 3.31. The summed E-state index contributed by atoms with van der Waals surface area (Å²) in [4.78, 5) is 2.25. The van der Waals surface area contributed by atoms with Crippen LogP contribution in [-0.2, 0) is 4.74 Å². The topological polar surface area (TPSA) is 12.5 Å². The molecule has 0 saturated heterocycles. The van der Waals surface area contributed by atoms with Crippen LogP contribution in [0.4, 0.5) is 0 Å². The van der Waals surface area contributed by atoms with Gasteiger partial charge in [-0.2, -0.15) is 0 Å². The molecule has 0 aromatic heterocycles. The molecule has 0 N–H and O–H groups in total. The lowest BCUT2D eigenvalue weighted by Gasteiger charge is -2.15. The number of unbranched alkanes of at least 4 members (excludes halogenated alkanes) is 3. The Kier molecular flexibility index (Phi) is 10.4. The van der Waals surface area contributed by atoms with E-state index in [4.69, 9.17) is 4.74 Å². The maximum absolute atomic E-state index is 5.47. The van der Waals surface area contributed by atoms with Crippen molar-refractivity contribution in [1.82, 2.24) is 4.90 Å². The quantitative estimate of drug-likeness (QED) is 0.518. The Balaban J connectivity index is 3.30. The van der Waals surface area contributed by atoms with E-state index in [-0.39, 0.29) is 0 Å². The molecule has 0 bridgehead atoms. The van der Waals surface area contributed by atoms with E-state index in [2.05, 4.69) is 25.9 Å². The Bertz CT molecular complexity index is 126. The highest BCUT2D eigenvalue weighted by Gasteiger charge is 2.05. The van der Waals surface area contributed by atoms with Crippen molar-refractivity contribution in [2.24, 2.45) is 0 Å². The highest BCUT2D eigenvalue weighted by molar-refractivity contribution is 4.58. The molecule has 0 saturated carbocycles. The highest BCUT2D eigenvalue weighted by atomic mass is 16.5. The molecule has 0 radical (unpaired) electrons. The van der Waals surface area contributed by atoms with Crippen molar-refractivity contribution < 1.29 is 4.74 Å². The normalized spacial score (nSPS) is 13.4. The Labute approximate surface area is 96.0 Å². The van der Waals surface area contributed by atoms with E-state index in [0.29, 0.717) is 6.10 Å². The van der Waals surface area contributed by atoms with Gasteiger partial charge in [0.2, 0.25) is 0 Å². The fraction of sp³-hybridized carbons (Fsp3) is 1.00. The van der Waals surface area contributed by atoms with Gasteiger partial charge in [0, 0.05) is 7.11 Å². The van der Waals surface area contributed by atoms with Crippen LogP contribution in [0.3, 0.4) is 0 Å². The van der Waals surface area contributed by atoms with Gasteiger partial charge in [0.05, 0.1) is 6.10 Å².